The van der Waals surface area contributed by atoms with Gasteiger partial charge in [-0.1, -0.05) is 79.7 Å². The molecule has 1 N–H and O–H groups in total. The van der Waals surface area contributed by atoms with Crippen LogP contribution in [0.4, 0.5) is 5.69 Å². The first-order chi connectivity index (χ1) is 20.5. The van der Waals surface area contributed by atoms with Crippen molar-refractivity contribution in [2.24, 2.45) is 0 Å². The molecule has 3 aromatic rings. The highest BCUT2D eigenvalue weighted by Crippen LogP contribution is 2.30. The number of aryl methyl sites for hydroxylation is 2. The molecular formula is C33H39Cl2N3O4S. The van der Waals surface area contributed by atoms with Crippen LogP contribution >= 0.6 is 23.2 Å². The molecule has 1 atom stereocenters. The van der Waals surface area contributed by atoms with Gasteiger partial charge in [-0.2, -0.15) is 0 Å². The highest BCUT2D eigenvalue weighted by Gasteiger charge is 2.35. The number of carbonyl (C=O) groups is 2. The van der Waals surface area contributed by atoms with Crippen LogP contribution in [-0.2, 0) is 26.2 Å². The van der Waals surface area contributed by atoms with Gasteiger partial charge in [0.25, 0.3) is 10.0 Å². The van der Waals surface area contributed by atoms with E-state index in [-0.39, 0.29) is 23.4 Å². The number of hydrogen-bond donors (Lipinski definition) is 1. The molecule has 0 bridgehead atoms. The number of amides is 2. The quantitative estimate of drug-likeness (QED) is 0.242. The van der Waals surface area contributed by atoms with Crippen LogP contribution in [0, 0.1) is 13.8 Å². The van der Waals surface area contributed by atoms with E-state index < -0.39 is 28.5 Å². The summed E-state index contributed by atoms with van der Waals surface area (Å²) in [6, 6.07) is 17.7. The second-order valence-electron chi connectivity index (χ2n) is 11.2. The van der Waals surface area contributed by atoms with E-state index in [1.165, 1.54) is 17.0 Å². The van der Waals surface area contributed by atoms with Gasteiger partial charge in [-0.15, -0.1) is 0 Å². The molecule has 0 aromatic heterocycles. The minimum atomic E-state index is -4.15. The smallest absolute Gasteiger partial charge is 0.264 e. The summed E-state index contributed by atoms with van der Waals surface area (Å²) in [5.41, 5.74) is 2.57. The SMILES string of the molecule is CC[C@H](C(=O)NC1CCCCC1)N(Cc1c(Cl)cccc1Cl)C(=O)CN(c1cc(C)cc(C)c1)S(=O)(=O)c1ccccc1. The molecule has 43 heavy (non-hydrogen) atoms. The number of benzene rings is 3. The maximum atomic E-state index is 14.4. The average Bonchev–Trinajstić information content (AvgIpc) is 2.97. The molecule has 3 aromatic carbocycles. The topological polar surface area (TPSA) is 86.8 Å². The van der Waals surface area contributed by atoms with Crippen molar-refractivity contribution >= 4 is 50.7 Å². The fourth-order valence-electron chi connectivity index (χ4n) is 5.66. The van der Waals surface area contributed by atoms with Crippen LogP contribution < -0.4 is 9.62 Å². The molecule has 0 radical (unpaired) electrons. The molecule has 0 unspecified atom stereocenters. The molecule has 0 saturated heterocycles. The minimum Gasteiger partial charge on any atom is -0.352 e. The van der Waals surface area contributed by atoms with Crippen LogP contribution in [0.5, 0.6) is 0 Å². The Morgan fingerprint density at radius 2 is 1.51 bits per heavy atom. The summed E-state index contributed by atoms with van der Waals surface area (Å²) >= 11 is 13.0. The molecule has 1 fully saturated rings. The molecule has 7 nitrogen and oxygen atoms in total. The third-order valence-corrected chi connectivity index (χ3v) is 10.3. The molecule has 10 heteroatoms. The predicted molar refractivity (Wildman–Crippen MR) is 173 cm³/mol. The molecule has 0 heterocycles. The van der Waals surface area contributed by atoms with Crippen molar-refractivity contribution in [3.05, 3.63) is 93.5 Å². The van der Waals surface area contributed by atoms with Crippen LogP contribution in [0.25, 0.3) is 0 Å². The second-order valence-corrected chi connectivity index (χ2v) is 13.8. The molecule has 2 amide bonds. The Bertz CT molecular complexity index is 1500. The third kappa shape index (κ3) is 8.11. The van der Waals surface area contributed by atoms with E-state index in [1.807, 2.05) is 26.8 Å². The summed E-state index contributed by atoms with van der Waals surface area (Å²) in [5, 5.41) is 3.86. The average molecular weight is 645 g/mol. The van der Waals surface area contributed by atoms with Crippen molar-refractivity contribution in [2.75, 3.05) is 10.8 Å². The lowest BCUT2D eigenvalue weighted by Gasteiger charge is -2.35. The maximum Gasteiger partial charge on any atom is 0.264 e. The van der Waals surface area contributed by atoms with E-state index in [1.54, 1.807) is 48.5 Å². The van der Waals surface area contributed by atoms with Gasteiger partial charge in [0.05, 0.1) is 10.6 Å². The molecule has 1 aliphatic carbocycles. The monoisotopic (exact) mass is 643 g/mol. The Kier molecular flexibility index (Phi) is 11.2. The number of nitrogens with one attached hydrogen (secondary N) is 1. The van der Waals surface area contributed by atoms with Gasteiger partial charge in [-0.25, -0.2) is 8.42 Å². The van der Waals surface area contributed by atoms with Gasteiger partial charge >= 0.3 is 0 Å². The third-order valence-electron chi connectivity index (χ3n) is 7.83. The van der Waals surface area contributed by atoms with Gasteiger partial charge in [0.15, 0.2) is 0 Å². The fourth-order valence-corrected chi connectivity index (χ4v) is 7.60. The van der Waals surface area contributed by atoms with Crippen LogP contribution in [0.2, 0.25) is 10.0 Å². The lowest BCUT2D eigenvalue weighted by atomic mass is 9.95. The minimum absolute atomic E-state index is 0.0429. The first-order valence-corrected chi connectivity index (χ1v) is 16.9. The van der Waals surface area contributed by atoms with Crippen LogP contribution in [-0.4, -0.2) is 43.8 Å². The highest BCUT2D eigenvalue weighted by molar-refractivity contribution is 7.92. The lowest BCUT2D eigenvalue weighted by molar-refractivity contribution is -0.140. The molecular weight excluding hydrogens is 605 g/mol. The Morgan fingerprint density at radius 3 is 2.09 bits per heavy atom. The summed E-state index contributed by atoms with van der Waals surface area (Å²) in [6.07, 6.45) is 5.33. The predicted octanol–water partition coefficient (Wildman–Crippen LogP) is 7.06. The van der Waals surface area contributed by atoms with E-state index in [0.717, 1.165) is 47.5 Å². The van der Waals surface area contributed by atoms with Crippen molar-refractivity contribution in [1.29, 1.82) is 0 Å². The van der Waals surface area contributed by atoms with Crippen molar-refractivity contribution in [2.45, 2.75) is 82.8 Å². The van der Waals surface area contributed by atoms with E-state index in [2.05, 4.69) is 5.32 Å². The molecule has 1 aliphatic rings. The molecule has 1 saturated carbocycles. The van der Waals surface area contributed by atoms with E-state index >= 15 is 0 Å². The van der Waals surface area contributed by atoms with Crippen LogP contribution in [0.3, 0.4) is 0 Å². The lowest BCUT2D eigenvalue weighted by Crippen LogP contribution is -2.54. The number of nitrogens with zero attached hydrogens (tertiary/aromatic N) is 2. The zero-order valence-corrected chi connectivity index (χ0v) is 27.2. The Labute approximate surface area is 265 Å². The van der Waals surface area contributed by atoms with E-state index in [9.17, 15) is 18.0 Å². The fraction of sp³-hybridized carbons (Fsp3) is 0.394. The summed E-state index contributed by atoms with van der Waals surface area (Å²) in [7, 11) is -4.15. The van der Waals surface area contributed by atoms with Crippen molar-refractivity contribution in [3.8, 4) is 0 Å². The van der Waals surface area contributed by atoms with Crippen molar-refractivity contribution < 1.29 is 18.0 Å². The second kappa shape index (κ2) is 14.6. The standard InChI is InChI=1S/C33H39Cl2N3O4S/c1-4-31(33(40)36-25-12-7-5-8-13-25)37(21-28-29(34)16-11-17-30(28)35)32(39)22-38(26-19-23(2)18-24(3)20-26)43(41,42)27-14-9-6-10-15-27/h6,9-11,14-20,25,31H,4-5,7-8,12-13,21-22H2,1-3H3,(H,36,40)/t31-/m1/s1. The summed E-state index contributed by atoms with van der Waals surface area (Å²) in [5.74, 6) is -0.810. The molecule has 230 valence electrons. The molecule has 0 aliphatic heterocycles. The largest absolute Gasteiger partial charge is 0.352 e. The normalized spacial score (nSPS) is 14.6. The van der Waals surface area contributed by atoms with Gasteiger partial charge in [-0.05, 0) is 80.6 Å². The number of anilines is 1. The van der Waals surface area contributed by atoms with Crippen LogP contribution in [0.1, 0.15) is 62.1 Å². The van der Waals surface area contributed by atoms with Gasteiger partial charge in [0.2, 0.25) is 11.8 Å². The number of sulfonamides is 1. The van der Waals surface area contributed by atoms with Crippen LogP contribution in [0.15, 0.2) is 71.6 Å². The molecule has 0 spiro atoms. The van der Waals surface area contributed by atoms with Crippen molar-refractivity contribution in [1.82, 2.24) is 10.2 Å². The number of rotatable bonds is 11. The van der Waals surface area contributed by atoms with Gasteiger partial charge < -0.3 is 10.2 Å². The van der Waals surface area contributed by atoms with Gasteiger partial charge in [0, 0.05) is 28.2 Å². The number of hydrogen-bond acceptors (Lipinski definition) is 4. The number of carbonyl (C=O) groups excluding carboxylic acids is 2. The van der Waals surface area contributed by atoms with E-state index in [4.69, 9.17) is 23.2 Å². The first-order valence-electron chi connectivity index (χ1n) is 14.7. The van der Waals surface area contributed by atoms with E-state index in [0.29, 0.717) is 27.7 Å². The Balaban J connectivity index is 1.75. The molecule has 4 rings (SSSR count). The van der Waals surface area contributed by atoms with Gasteiger partial charge in [-0.3, -0.25) is 13.9 Å². The van der Waals surface area contributed by atoms with Gasteiger partial charge in [0.1, 0.15) is 12.6 Å². The Morgan fingerprint density at radius 1 is 0.907 bits per heavy atom. The first kappa shape index (κ1) is 32.8. The Hall–Kier alpha value is -3.07. The maximum absolute atomic E-state index is 14.4. The summed E-state index contributed by atoms with van der Waals surface area (Å²) < 4.78 is 29.2. The zero-order chi connectivity index (χ0) is 31.1. The summed E-state index contributed by atoms with van der Waals surface area (Å²) in [6.45, 7) is 5.01. The number of halogens is 2. The zero-order valence-electron chi connectivity index (χ0n) is 24.9. The highest BCUT2D eigenvalue weighted by atomic mass is 35.5. The summed E-state index contributed by atoms with van der Waals surface area (Å²) in [4.78, 5) is 29.5. The van der Waals surface area contributed by atoms with Crippen molar-refractivity contribution in [3.63, 3.8) is 0 Å².